The van der Waals surface area contributed by atoms with E-state index in [0.29, 0.717) is 17.5 Å². The molecule has 1 saturated carbocycles. The first-order valence-corrected chi connectivity index (χ1v) is 7.60. The lowest BCUT2D eigenvalue weighted by Gasteiger charge is -2.23. The predicted molar refractivity (Wildman–Crippen MR) is 82.2 cm³/mol. The number of nitrogens with zero attached hydrogens (tertiary/aromatic N) is 1. The fourth-order valence-electron chi connectivity index (χ4n) is 2.62. The van der Waals surface area contributed by atoms with E-state index >= 15 is 0 Å². The van der Waals surface area contributed by atoms with Crippen LogP contribution < -0.4 is 10.6 Å². The number of carbonyl (C=O) groups is 1. The number of hydrogen-bond donors (Lipinski definition) is 2. The van der Waals surface area contributed by atoms with Crippen LogP contribution in [0.2, 0.25) is 0 Å². The van der Waals surface area contributed by atoms with Crippen LogP contribution in [0.1, 0.15) is 67.9 Å². The summed E-state index contributed by atoms with van der Waals surface area (Å²) in [5.74, 6) is 1.09. The summed E-state index contributed by atoms with van der Waals surface area (Å²) in [6.45, 7) is 4.18. The Labute approximate surface area is 121 Å². The zero-order valence-electron chi connectivity index (χ0n) is 12.7. The van der Waals surface area contributed by atoms with Crippen molar-refractivity contribution in [3.05, 3.63) is 23.4 Å². The topological polar surface area (TPSA) is 54.0 Å². The standard InChI is InChI=1S/C16H25N3O/c1-11(2)14-9-12(10-15(17-3)19-14)16(20)18-13-7-5-4-6-8-13/h9-11,13H,4-8H2,1-3H3,(H,17,19)(H,18,20). The van der Waals surface area contributed by atoms with Crippen molar-refractivity contribution < 1.29 is 4.79 Å². The van der Waals surface area contributed by atoms with Crippen molar-refractivity contribution in [1.29, 1.82) is 0 Å². The molecule has 110 valence electrons. The number of amides is 1. The molecule has 0 atom stereocenters. The van der Waals surface area contributed by atoms with Crippen LogP contribution in [0.4, 0.5) is 5.82 Å². The highest BCUT2D eigenvalue weighted by Crippen LogP contribution is 2.20. The molecule has 1 aromatic heterocycles. The van der Waals surface area contributed by atoms with Crippen LogP contribution in [-0.4, -0.2) is 24.0 Å². The van der Waals surface area contributed by atoms with Gasteiger partial charge in [0.2, 0.25) is 0 Å². The maximum absolute atomic E-state index is 12.4. The predicted octanol–water partition coefficient (Wildman–Crippen LogP) is 3.31. The van der Waals surface area contributed by atoms with Crippen LogP contribution in [0.15, 0.2) is 12.1 Å². The van der Waals surface area contributed by atoms with Gasteiger partial charge in [-0.05, 0) is 30.9 Å². The summed E-state index contributed by atoms with van der Waals surface area (Å²) in [7, 11) is 1.83. The highest BCUT2D eigenvalue weighted by molar-refractivity contribution is 5.95. The molecule has 1 aliphatic carbocycles. The van der Waals surface area contributed by atoms with Gasteiger partial charge in [0, 0.05) is 24.3 Å². The van der Waals surface area contributed by atoms with Gasteiger partial charge < -0.3 is 10.6 Å². The summed E-state index contributed by atoms with van der Waals surface area (Å²) in [5.41, 5.74) is 1.66. The Morgan fingerprint density at radius 1 is 1.25 bits per heavy atom. The van der Waals surface area contributed by atoms with Crippen molar-refractivity contribution in [1.82, 2.24) is 10.3 Å². The van der Waals surface area contributed by atoms with Gasteiger partial charge in [0.15, 0.2) is 0 Å². The minimum absolute atomic E-state index is 0.0256. The zero-order chi connectivity index (χ0) is 14.5. The van der Waals surface area contributed by atoms with Gasteiger partial charge >= 0.3 is 0 Å². The smallest absolute Gasteiger partial charge is 0.251 e. The van der Waals surface area contributed by atoms with Crippen molar-refractivity contribution in [3.8, 4) is 0 Å². The lowest BCUT2D eigenvalue weighted by molar-refractivity contribution is 0.0927. The molecule has 1 aromatic rings. The fourth-order valence-corrected chi connectivity index (χ4v) is 2.62. The molecule has 0 aromatic carbocycles. The number of hydrogen-bond acceptors (Lipinski definition) is 3. The second-order valence-corrected chi connectivity index (χ2v) is 5.88. The number of aromatic nitrogens is 1. The van der Waals surface area contributed by atoms with Gasteiger partial charge in [0.1, 0.15) is 5.82 Å². The van der Waals surface area contributed by atoms with Crippen molar-refractivity contribution in [2.45, 2.75) is 57.9 Å². The van der Waals surface area contributed by atoms with Crippen LogP contribution in [0.3, 0.4) is 0 Å². The van der Waals surface area contributed by atoms with Crippen molar-refractivity contribution in [2.75, 3.05) is 12.4 Å². The van der Waals surface area contributed by atoms with E-state index in [-0.39, 0.29) is 5.91 Å². The van der Waals surface area contributed by atoms with E-state index in [4.69, 9.17) is 0 Å². The number of anilines is 1. The third-order valence-electron chi connectivity index (χ3n) is 3.90. The first-order valence-electron chi connectivity index (χ1n) is 7.60. The SMILES string of the molecule is CNc1cc(C(=O)NC2CCCCC2)cc(C(C)C)n1. The van der Waals surface area contributed by atoms with E-state index in [1.165, 1.54) is 19.3 Å². The molecule has 0 bridgehead atoms. The van der Waals surface area contributed by atoms with Gasteiger partial charge in [0.05, 0.1) is 0 Å². The Hall–Kier alpha value is -1.58. The normalized spacial score (nSPS) is 16.2. The Bertz CT molecular complexity index is 465. The molecule has 0 saturated heterocycles. The molecule has 1 fully saturated rings. The molecular weight excluding hydrogens is 250 g/mol. The molecule has 1 heterocycles. The summed E-state index contributed by atoms with van der Waals surface area (Å²) in [5, 5.41) is 6.19. The van der Waals surface area contributed by atoms with E-state index < -0.39 is 0 Å². The minimum Gasteiger partial charge on any atom is -0.373 e. The van der Waals surface area contributed by atoms with E-state index in [0.717, 1.165) is 24.4 Å². The van der Waals surface area contributed by atoms with Gasteiger partial charge in [-0.3, -0.25) is 4.79 Å². The maximum Gasteiger partial charge on any atom is 0.251 e. The first kappa shape index (κ1) is 14.8. The number of carbonyl (C=O) groups excluding carboxylic acids is 1. The van der Waals surface area contributed by atoms with Crippen molar-refractivity contribution in [3.63, 3.8) is 0 Å². The van der Waals surface area contributed by atoms with Gasteiger partial charge in [0.25, 0.3) is 5.91 Å². The highest BCUT2D eigenvalue weighted by Gasteiger charge is 2.18. The minimum atomic E-state index is 0.0256. The summed E-state index contributed by atoms with van der Waals surface area (Å²) < 4.78 is 0. The summed E-state index contributed by atoms with van der Waals surface area (Å²) >= 11 is 0. The van der Waals surface area contributed by atoms with E-state index in [2.05, 4.69) is 29.5 Å². The molecule has 2 N–H and O–H groups in total. The lowest BCUT2D eigenvalue weighted by Crippen LogP contribution is -2.36. The fraction of sp³-hybridized carbons (Fsp3) is 0.625. The summed E-state index contributed by atoms with van der Waals surface area (Å²) in [6.07, 6.45) is 5.95. The molecule has 1 aliphatic rings. The average molecular weight is 275 g/mol. The molecule has 0 aliphatic heterocycles. The molecule has 4 heteroatoms. The maximum atomic E-state index is 12.4. The van der Waals surface area contributed by atoms with Crippen LogP contribution in [0, 0.1) is 0 Å². The molecule has 2 rings (SSSR count). The van der Waals surface area contributed by atoms with E-state index in [1.54, 1.807) is 0 Å². The van der Waals surface area contributed by atoms with Crippen LogP contribution in [0.25, 0.3) is 0 Å². The summed E-state index contributed by atoms with van der Waals surface area (Å²) in [6, 6.07) is 4.07. The monoisotopic (exact) mass is 275 g/mol. The molecule has 0 unspecified atom stereocenters. The van der Waals surface area contributed by atoms with Gasteiger partial charge in [-0.25, -0.2) is 4.98 Å². The van der Waals surface area contributed by atoms with E-state index in [9.17, 15) is 4.79 Å². The molecule has 4 nitrogen and oxygen atoms in total. The Balaban J connectivity index is 2.13. The van der Waals surface area contributed by atoms with Crippen molar-refractivity contribution in [2.24, 2.45) is 0 Å². The third kappa shape index (κ3) is 3.71. The molecular formula is C16H25N3O. The van der Waals surface area contributed by atoms with Crippen LogP contribution in [-0.2, 0) is 0 Å². The van der Waals surface area contributed by atoms with Gasteiger partial charge in [-0.2, -0.15) is 0 Å². The van der Waals surface area contributed by atoms with Crippen LogP contribution in [0.5, 0.6) is 0 Å². The third-order valence-corrected chi connectivity index (χ3v) is 3.90. The van der Waals surface area contributed by atoms with Crippen molar-refractivity contribution >= 4 is 11.7 Å². The zero-order valence-corrected chi connectivity index (χ0v) is 12.7. The number of pyridine rings is 1. The van der Waals surface area contributed by atoms with E-state index in [1.807, 2.05) is 19.2 Å². The first-order chi connectivity index (χ1) is 9.60. The van der Waals surface area contributed by atoms with Gasteiger partial charge in [-0.1, -0.05) is 33.1 Å². The molecule has 0 spiro atoms. The molecule has 20 heavy (non-hydrogen) atoms. The van der Waals surface area contributed by atoms with Gasteiger partial charge in [-0.15, -0.1) is 0 Å². The average Bonchev–Trinajstić information content (AvgIpc) is 2.47. The highest BCUT2D eigenvalue weighted by atomic mass is 16.1. The number of rotatable bonds is 4. The number of nitrogens with one attached hydrogen (secondary N) is 2. The lowest BCUT2D eigenvalue weighted by atomic mass is 9.95. The van der Waals surface area contributed by atoms with Crippen LogP contribution >= 0.6 is 0 Å². The largest absolute Gasteiger partial charge is 0.373 e. The quantitative estimate of drug-likeness (QED) is 0.886. The Morgan fingerprint density at radius 3 is 2.55 bits per heavy atom. The second-order valence-electron chi connectivity index (χ2n) is 5.88. The molecule has 1 amide bonds. The Kier molecular flexibility index (Phi) is 4.99. The second kappa shape index (κ2) is 6.73. The molecule has 0 radical (unpaired) electrons. The Morgan fingerprint density at radius 2 is 1.95 bits per heavy atom. The summed E-state index contributed by atoms with van der Waals surface area (Å²) in [4.78, 5) is 16.9.